The molecule has 5 heteroatoms. The number of rotatable bonds is 4. The van der Waals surface area contributed by atoms with E-state index in [4.69, 9.17) is 0 Å². The number of hydrogen-bond donors (Lipinski definition) is 0. The highest BCUT2D eigenvalue weighted by molar-refractivity contribution is 7.84. The Morgan fingerprint density at radius 1 is 1.00 bits per heavy atom. The molecule has 0 saturated carbocycles. The minimum Gasteiger partial charge on any atom is -0.336 e. The van der Waals surface area contributed by atoms with Crippen molar-refractivity contribution in [3.05, 3.63) is 65.2 Å². The monoisotopic (exact) mass is 356 g/mol. The van der Waals surface area contributed by atoms with Crippen LogP contribution in [0.1, 0.15) is 21.5 Å². The summed E-state index contributed by atoms with van der Waals surface area (Å²) in [6.07, 6.45) is 1.64. The molecule has 0 spiro atoms. The summed E-state index contributed by atoms with van der Waals surface area (Å²) >= 11 is 0. The third-order valence-corrected chi connectivity index (χ3v) is 5.68. The molecular weight excluding hydrogens is 332 g/mol. The summed E-state index contributed by atoms with van der Waals surface area (Å²) in [5.41, 5.74) is 3.33. The first-order valence-electron chi connectivity index (χ1n) is 8.54. The second kappa shape index (κ2) is 7.93. The van der Waals surface area contributed by atoms with Gasteiger partial charge < -0.3 is 4.90 Å². The SMILES string of the molecule is Cc1ccccc1CN1CCN(C(=O)c2ccc(S(C)=O)cc2)CC1. The largest absolute Gasteiger partial charge is 0.336 e. The molecule has 1 saturated heterocycles. The highest BCUT2D eigenvalue weighted by Gasteiger charge is 2.22. The van der Waals surface area contributed by atoms with Gasteiger partial charge in [-0.1, -0.05) is 24.3 Å². The van der Waals surface area contributed by atoms with Crippen LogP contribution in [0.15, 0.2) is 53.4 Å². The number of piperazine rings is 1. The molecule has 1 aliphatic heterocycles. The van der Waals surface area contributed by atoms with Crippen LogP contribution in [-0.4, -0.2) is 52.4 Å². The minimum absolute atomic E-state index is 0.0592. The molecule has 3 rings (SSSR count). The van der Waals surface area contributed by atoms with Crippen molar-refractivity contribution >= 4 is 16.7 Å². The number of carbonyl (C=O) groups is 1. The zero-order chi connectivity index (χ0) is 17.8. The minimum atomic E-state index is -1.01. The highest BCUT2D eigenvalue weighted by Crippen LogP contribution is 2.15. The summed E-state index contributed by atoms with van der Waals surface area (Å²) in [6, 6.07) is 15.6. The average Bonchev–Trinajstić information content (AvgIpc) is 2.64. The maximum absolute atomic E-state index is 12.6. The van der Waals surface area contributed by atoms with Crippen LogP contribution in [0.3, 0.4) is 0 Å². The Bertz CT molecular complexity index is 766. The summed E-state index contributed by atoms with van der Waals surface area (Å²) in [6.45, 7) is 6.33. The van der Waals surface area contributed by atoms with E-state index in [-0.39, 0.29) is 5.91 Å². The molecule has 0 aliphatic carbocycles. The molecule has 0 N–H and O–H groups in total. The number of carbonyl (C=O) groups excluding carboxylic acids is 1. The highest BCUT2D eigenvalue weighted by atomic mass is 32.2. The maximum Gasteiger partial charge on any atom is 0.253 e. The van der Waals surface area contributed by atoms with Crippen LogP contribution < -0.4 is 0 Å². The molecule has 1 fully saturated rings. The second-order valence-electron chi connectivity index (χ2n) is 6.47. The van der Waals surface area contributed by atoms with Gasteiger partial charge >= 0.3 is 0 Å². The Hall–Kier alpha value is -1.98. The summed E-state index contributed by atoms with van der Waals surface area (Å²) < 4.78 is 11.4. The Morgan fingerprint density at radius 2 is 1.64 bits per heavy atom. The predicted molar refractivity (Wildman–Crippen MR) is 101 cm³/mol. The fraction of sp³-hybridized carbons (Fsp3) is 0.350. The van der Waals surface area contributed by atoms with E-state index >= 15 is 0 Å². The van der Waals surface area contributed by atoms with E-state index in [1.54, 1.807) is 30.5 Å². The zero-order valence-corrected chi connectivity index (χ0v) is 15.6. The van der Waals surface area contributed by atoms with Crippen LogP contribution in [-0.2, 0) is 17.3 Å². The molecule has 4 nitrogen and oxygen atoms in total. The van der Waals surface area contributed by atoms with Crippen molar-refractivity contribution in [2.24, 2.45) is 0 Å². The fourth-order valence-electron chi connectivity index (χ4n) is 3.11. The van der Waals surface area contributed by atoms with Crippen LogP contribution in [0, 0.1) is 6.92 Å². The van der Waals surface area contributed by atoms with Gasteiger partial charge in [-0.05, 0) is 42.3 Å². The van der Waals surface area contributed by atoms with E-state index in [0.717, 1.165) is 37.6 Å². The number of aryl methyl sites for hydroxylation is 1. The molecule has 0 bridgehead atoms. The van der Waals surface area contributed by atoms with Crippen molar-refractivity contribution in [2.75, 3.05) is 32.4 Å². The topological polar surface area (TPSA) is 40.6 Å². The lowest BCUT2D eigenvalue weighted by molar-refractivity contribution is 0.0628. The lowest BCUT2D eigenvalue weighted by atomic mass is 10.1. The molecule has 25 heavy (non-hydrogen) atoms. The van der Waals surface area contributed by atoms with Crippen molar-refractivity contribution in [1.82, 2.24) is 9.80 Å². The van der Waals surface area contributed by atoms with E-state index in [0.29, 0.717) is 5.56 Å². The van der Waals surface area contributed by atoms with Gasteiger partial charge in [-0.3, -0.25) is 13.9 Å². The number of benzene rings is 2. The lowest BCUT2D eigenvalue weighted by Crippen LogP contribution is -2.48. The van der Waals surface area contributed by atoms with Gasteiger partial charge in [0.25, 0.3) is 5.91 Å². The molecule has 1 aliphatic rings. The molecule has 1 heterocycles. The van der Waals surface area contributed by atoms with Crippen LogP contribution in [0.25, 0.3) is 0 Å². The van der Waals surface area contributed by atoms with Gasteiger partial charge in [0, 0.05) is 60.2 Å². The molecule has 1 atom stereocenters. The number of nitrogens with zero attached hydrogens (tertiary/aromatic N) is 2. The lowest BCUT2D eigenvalue weighted by Gasteiger charge is -2.35. The molecule has 132 valence electrons. The summed E-state index contributed by atoms with van der Waals surface area (Å²) in [4.78, 5) is 17.7. The van der Waals surface area contributed by atoms with Crippen molar-refractivity contribution in [3.63, 3.8) is 0 Å². The molecule has 2 aromatic carbocycles. The van der Waals surface area contributed by atoms with E-state index in [9.17, 15) is 9.00 Å². The average molecular weight is 356 g/mol. The molecule has 2 aromatic rings. The normalized spacial score (nSPS) is 16.6. The summed E-state index contributed by atoms with van der Waals surface area (Å²) in [5.74, 6) is 0.0592. The zero-order valence-electron chi connectivity index (χ0n) is 14.8. The molecular formula is C20H24N2O2S. The van der Waals surface area contributed by atoms with Gasteiger partial charge in [-0.15, -0.1) is 0 Å². The quantitative estimate of drug-likeness (QED) is 0.846. The Kier molecular flexibility index (Phi) is 5.66. The first-order valence-corrected chi connectivity index (χ1v) is 10.1. The molecule has 1 unspecified atom stereocenters. The molecule has 1 amide bonds. The van der Waals surface area contributed by atoms with E-state index in [2.05, 4.69) is 36.1 Å². The first-order chi connectivity index (χ1) is 12.0. The Balaban J connectivity index is 1.57. The van der Waals surface area contributed by atoms with Crippen LogP contribution in [0.5, 0.6) is 0 Å². The van der Waals surface area contributed by atoms with Gasteiger partial charge in [0.05, 0.1) is 0 Å². The van der Waals surface area contributed by atoms with E-state index < -0.39 is 10.8 Å². The molecule has 0 radical (unpaired) electrons. The van der Waals surface area contributed by atoms with Crippen LogP contribution in [0.4, 0.5) is 0 Å². The van der Waals surface area contributed by atoms with Gasteiger partial charge in [0.1, 0.15) is 0 Å². The fourth-order valence-corrected chi connectivity index (χ4v) is 3.63. The van der Waals surface area contributed by atoms with Crippen LogP contribution in [0.2, 0.25) is 0 Å². The summed E-state index contributed by atoms with van der Waals surface area (Å²) in [7, 11) is -1.01. The standard InChI is InChI=1S/C20H24N2O2S/c1-16-5-3-4-6-18(16)15-21-11-13-22(14-12-21)20(23)17-7-9-19(10-8-17)25(2)24/h3-10H,11-15H2,1-2H3. The third-order valence-electron chi connectivity index (χ3n) is 4.75. The van der Waals surface area contributed by atoms with Gasteiger partial charge in [0.2, 0.25) is 0 Å². The number of hydrogen-bond acceptors (Lipinski definition) is 3. The molecule has 0 aromatic heterocycles. The number of amides is 1. The van der Waals surface area contributed by atoms with E-state index in [1.165, 1.54) is 11.1 Å². The van der Waals surface area contributed by atoms with Gasteiger partial charge in [-0.25, -0.2) is 0 Å². The Morgan fingerprint density at radius 3 is 2.24 bits per heavy atom. The van der Waals surface area contributed by atoms with Crippen molar-refractivity contribution in [1.29, 1.82) is 0 Å². The second-order valence-corrected chi connectivity index (χ2v) is 7.85. The van der Waals surface area contributed by atoms with Gasteiger partial charge in [-0.2, -0.15) is 0 Å². The first kappa shape index (κ1) is 17.8. The van der Waals surface area contributed by atoms with Crippen molar-refractivity contribution < 1.29 is 9.00 Å². The Labute approximate surface area is 151 Å². The van der Waals surface area contributed by atoms with Crippen molar-refractivity contribution in [3.8, 4) is 0 Å². The van der Waals surface area contributed by atoms with Gasteiger partial charge in [0.15, 0.2) is 0 Å². The predicted octanol–water partition coefficient (Wildman–Crippen LogP) is 2.69. The van der Waals surface area contributed by atoms with Crippen molar-refractivity contribution in [2.45, 2.75) is 18.4 Å². The maximum atomic E-state index is 12.6. The van der Waals surface area contributed by atoms with Crippen LogP contribution >= 0.6 is 0 Å². The van der Waals surface area contributed by atoms with E-state index in [1.807, 2.05) is 4.90 Å². The smallest absolute Gasteiger partial charge is 0.253 e. The third kappa shape index (κ3) is 4.35. The summed E-state index contributed by atoms with van der Waals surface area (Å²) in [5, 5.41) is 0.